The van der Waals surface area contributed by atoms with Crippen LogP contribution < -0.4 is 5.32 Å². The zero-order valence-electron chi connectivity index (χ0n) is 10.7. The number of carbonyl (C=O) groups excluding carboxylic acids is 1. The summed E-state index contributed by atoms with van der Waals surface area (Å²) in [5.74, 6) is -1.45. The lowest BCUT2D eigenvalue weighted by molar-refractivity contribution is -0.121. The second kappa shape index (κ2) is 6.90. The Kier molecular flexibility index (Phi) is 5.52. The third kappa shape index (κ3) is 4.72. The van der Waals surface area contributed by atoms with Crippen molar-refractivity contribution in [3.63, 3.8) is 0 Å². The van der Waals surface area contributed by atoms with Gasteiger partial charge in [-0.3, -0.25) is 4.79 Å². The van der Waals surface area contributed by atoms with E-state index < -0.39 is 21.7 Å². The van der Waals surface area contributed by atoms with Gasteiger partial charge >= 0.3 is 0 Å². The van der Waals surface area contributed by atoms with Gasteiger partial charge in [0.2, 0.25) is 5.91 Å². The topological polar surface area (TPSA) is 87.0 Å². The molecular weight excluding hydrogens is 264 g/mol. The van der Waals surface area contributed by atoms with Gasteiger partial charge in [0.25, 0.3) is 0 Å². The number of nitriles is 1. The summed E-state index contributed by atoms with van der Waals surface area (Å²) >= 11 is 0. The molecule has 1 unspecified atom stereocenters. The second-order valence-electron chi connectivity index (χ2n) is 4.00. The third-order valence-electron chi connectivity index (χ3n) is 2.68. The van der Waals surface area contributed by atoms with Gasteiger partial charge in [-0.25, -0.2) is 8.42 Å². The number of hydrogen-bond donors (Lipinski definition) is 1. The van der Waals surface area contributed by atoms with E-state index in [1.165, 1.54) is 0 Å². The SMILES string of the molecule is CCS(=O)(=O)CCNC(=O)C(C#N)c1ccccc1. The number of carbonyl (C=O) groups is 1. The summed E-state index contributed by atoms with van der Waals surface area (Å²) in [6.07, 6.45) is 0. The lowest BCUT2D eigenvalue weighted by Gasteiger charge is -2.10. The van der Waals surface area contributed by atoms with E-state index in [4.69, 9.17) is 5.26 Å². The molecule has 1 atom stereocenters. The van der Waals surface area contributed by atoms with Gasteiger partial charge in [-0.05, 0) is 5.56 Å². The fourth-order valence-corrected chi connectivity index (χ4v) is 2.21. The summed E-state index contributed by atoms with van der Waals surface area (Å²) in [4.78, 5) is 11.8. The van der Waals surface area contributed by atoms with Crippen molar-refractivity contribution in [3.05, 3.63) is 35.9 Å². The van der Waals surface area contributed by atoms with E-state index in [-0.39, 0.29) is 18.1 Å². The predicted octanol–water partition coefficient (Wildman–Crippen LogP) is 0.845. The number of sulfone groups is 1. The van der Waals surface area contributed by atoms with Crippen molar-refractivity contribution in [1.29, 1.82) is 5.26 Å². The Morgan fingerprint density at radius 2 is 2.00 bits per heavy atom. The summed E-state index contributed by atoms with van der Waals surface area (Å²) in [6, 6.07) is 10.6. The lowest BCUT2D eigenvalue weighted by atomic mass is 10.00. The molecular formula is C13H16N2O3S. The Morgan fingerprint density at radius 1 is 1.37 bits per heavy atom. The lowest BCUT2D eigenvalue weighted by Crippen LogP contribution is -2.33. The Hall–Kier alpha value is -1.87. The maximum atomic E-state index is 11.8. The molecule has 1 aromatic rings. The normalized spacial score (nSPS) is 12.4. The fourth-order valence-electron chi connectivity index (χ4n) is 1.51. The molecule has 0 aromatic heterocycles. The maximum Gasteiger partial charge on any atom is 0.241 e. The molecule has 0 radical (unpaired) electrons. The number of nitrogens with zero attached hydrogens (tertiary/aromatic N) is 1. The van der Waals surface area contributed by atoms with Crippen molar-refractivity contribution in [2.75, 3.05) is 18.1 Å². The number of benzene rings is 1. The Balaban J connectivity index is 2.60. The molecule has 102 valence electrons. The van der Waals surface area contributed by atoms with E-state index in [2.05, 4.69) is 5.32 Å². The minimum absolute atomic E-state index is 0.0278. The molecule has 0 aliphatic rings. The molecule has 1 rings (SSSR count). The van der Waals surface area contributed by atoms with Crippen molar-refractivity contribution in [2.24, 2.45) is 0 Å². The molecule has 5 nitrogen and oxygen atoms in total. The summed E-state index contributed by atoms with van der Waals surface area (Å²) in [5.41, 5.74) is 0.598. The summed E-state index contributed by atoms with van der Waals surface area (Å²) in [5, 5.41) is 11.5. The van der Waals surface area contributed by atoms with Crippen LogP contribution in [0.5, 0.6) is 0 Å². The average molecular weight is 280 g/mol. The van der Waals surface area contributed by atoms with Crippen LogP contribution in [0.1, 0.15) is 18.4 Å². The molecule has 0 bridgehead atoms. The van der Waals surface area contributed by atoms with Gasteiger partial charge in [0, 0.05) is 12.3 Å². The van der Waals surface area contributed by atoms with Gasteiger partial charge < -0.3 is 5.32 Å². The molecule has 0 saturated heterocycles. The van der Waals surface area contributed by atoms with Crippen molar-refractivity contribution in [1.82, 2.24) is 5.32 Å². The highest BCUT2D eigenvalue weighted by Gasteiger charge is 2.19. The summed E-state index contributed by atoms with van der Waals surface area (Å²) < 4.78 is 22.5. The van der Waals surface area contributed by atoms with E-state index in [0.717, 1.165) is 0 Å². The van der Waals surface area contributed by atoms with Gasteiger partial charge in [-0.15, -0.1) is 0 Å². The van der Waals surface area contributed by atoms with Crippen LogP contribution in [-0.4, -0.2) is 32.4 Å². The number of nitrogens with one attached hydrogen (secondary N) is 1. The average Bonchev–Trinajstić information content (AvgIpc) is 2.40. The number of rotatable bonds is 6. The molecule has 0 fully saturated rings. The second-order valence-corrected chi connectivity index (χ2v) is 6.47. The highest BCUT2D eigenvalue weighted by atomic mass is 32.2. The first-order valence-electron chi connectivity index (χ1n) is 5.93. The monoisotopic (exact) mass is 280 g/mol. The van der Waals surface area contributed by atoms with Gasteiger partial charge in [-0.2, -0.15) is 5.26 Å². The van der Waals surface area contributed by atoms with Crippen molar-refractivity contribution < 1.29 is 13.2 Å². The Labute approximate surface area is 113 Å². The van der Waals surface area contributed by atoms with Crippen LogP contribution in [0.3, 0.4) is 0 Å². The molecule has 0 aliphatic heterocycles. The quantitative estimate of drug-likeness (QED) is 0.836. The number of amides is 1. The summed E-state index contributed by atoms with van der Waals surface area (Å²) in [6.45, 7) is 1.58. The molecule has 0 heterocycles. The molecule has 1 aromatic carbocycles. The molecule has 0 saturated carbocycles. The maximum absolute atomic E-state index is 11.8. The van der Waals surface area contributed by atoms with Crippen LogP contribution >= 0.6 is 0 Å². The fraction of sp³-hybridized carbons (Fsp3) is 0.385. The predicted molar refractivity (Wildman–Crippen MR) is 72.1 cm³/mol. The van der Waals surface area contributed by atoms with Crippen LogP contribution in [0.25, 0.3) is 0 Å². The zero-order valence-corrected chi connectivity index (χ0v) is 11.5. The van der Waals surface area contributed by atoms with Crippen LogP contribution in [-0.2, 0) is 14.6 Å². The first-order valence-corrected chi connectivity index (χ1v) is 7.75. The zero-order chi connectivity index (χ0) is 14.3. The van der Waals surface area contributed by atoms with Gasteiger partial charge in [0.15, 0.2) is 9.84 Å². The van der Waals surface area contributed by atoms with Crippen molar-refractivity contribution >= 4 is 15.7 Å². The number of hydrogen-bond acceptors (Lipinski definition) is 4. The molecule has 19 heavy (non-hydrogen) atoms. The van der Waals surface area contributed by atoms with Crippen molar-refractivity contribution in [3.8, 4) is 6.07 Å². The van der Waals surface area contributed by atoms with Crippen LogP contribution in [0, 0.1) is 11.3 Å². The van der Waals surface area contributed by atoms with E-state index in [0.29, 0.717) is 5.56 Å². The van der Waals surface area contributed by atoms with E-state index >= 15 is 0 Å². The first kappa shape index (κ1) is 15.2. The van der Waals surface area contributed by atoms with E-state index in [9.17, 15) is 13.2 Å². The van der Waals surface area contributed by atoms with Crippen LogP contribution in [0.15, 0.2) is 30.3 Å². The van der Waals surface area contributed by atoms with Gasteiger partial charge in [0.1, 0.15) is 5.92 Å². The van der Waals surface area contributed by atoms with Crippen LogP contribution in [0.4, 0.5) is 0 Å². The first-order chi connectivity index (χ1) is 9.00. The standard InChI is InChI=1S/C13H16N2O3S/c1-2-19(17,18)9-8-15-13(16)12(10-14)11-6-4-3-5-7-11/h3-7,12H,2,8-9H2,1H3,(H,15,16). The molecule has 0 aliphatic carbocycles. The highest BCUT2D eigenvalue weighted by Crippen LogP contribution is 2.14. The van der Waals surface area contributed by atoms with E-state index in [1.54, 1.807) is 37.3 Å². The highest BCUT2D eigenvalue weighted by molar-refractivity contribution is 7.91. The van der Waals surface area contributed by atoms with Gasteiger partial charge in [-0.1, -0.05) is 37.3 Å². The van der Waals surface area contributed by atoms with Crippen LogP contribution in [0.2, 0.25) is 0 Å². The molecule has 1 N–H and O–H groups in total. The molecule has 1 amide bonds. The Morgan fingerprint density at radius 3 is 2.53 bits per heavy atom. The largest absolute Gasteiger partial charge is 0.354 e. The molecule has 6 heteroatoms. The summed E-state index contributed by atoms with van der Waals surface area (Å²) in [7, 11) is -3.11. The minimum atomic E-state index is -3.11. The van der Waals surface area contributed by atoms with E-state index in [1.807, 2.05) is 6.07 Å². The third-order valence-corrected chi connectivity index (χ3v) is 4.38. The minimum Gasteiger partial charge on any atom is -0.354 e. The molecule has 0 spiro atoms. The smallest absolute Gasteiger partial charge is 0.241 e. The van der Waals surface area contributed by atoms with Gasteiger partial charge in [0.05, 0.1) is 11.8 Å². The van der Waals surface area contributed by atoms with Crippen molar-refractivity contribution in [2.45, 2.75) is 12.8 Å². The Bertz CT molecular complexity index is 561.